The quantitative estimate of drug-likeness (QED) is 0.0882. The predicted molar refractivity (Wildman–Crippen MR) is 138 cm³/mol. The second kappa shape index (κ2) is 13.9. The van der Waals surface area contributed by atoms with Crippen LogP contribution >= 0.6 is 0 Å². The number of urea groups is 2. The number of anilines is 1. The maximum absolute atomic E-state index is 12.9. The number of hydrogen-bond acceptors (Lipinski definition) is 9. The van der Waals surface area contributed by atoms with Gasteiger partial charge in [-0.1, -0.05) is 42.5 Å². The van der Waals surface area contributed by atoms with Crippen molar-refractivity contribution in [1.82, 2.24) is 20.7 Å². The van der Waals surface area contributed by atoms with E-state index in [-0.39, 0.29) is 5.56 Å². The Balaban J connectivity index is 2.07. The van der Waals surface area contributed by atoms with Crippen LogP contribution in [0.4, 0.5) is 15.3 Å². The second-order valence-electron chi connectivity index (χ2n) is 7.74. The van der Waals surface area contributed by atoms with Crippen LogP contribution < -0.4 is 37.6 Å². The van der Waals surface area contributed by atoms with E-state index in [9.17, 15) is 37.5 Å². The zero-order valence-corrected chi connectivity index (χ0v) is 21.0. The van der Waals surface area contributed by atoms with E-state index in [1.807, 2.05) is 0 Å². The number of nitrogens with zero attached hydrogens (tertiary/aromatic N) is 1. The first-order valence-corrected chi connectivity index (χ1v) is 12.5. The van der Waals surface area contributed by atoms with Crippen LogP contribution in [0, 0.1) is 0 Å². The minimum Gasteiger partial charge on any atom is -0.481 e. The Kier molecular flexibility index (Phi) is 10.7. The number of aliphatic carboxylic acids is 1. The molecule has 2 rings (SSSR count). The van der Waals surface area contributed by atoms with Crippen LogP contribution in [0.3, 0.4) is 0 Å². The number of hydrazone groups is 1. The number of sulfonamides is 1. The van der Waals surface area contributed by atoms with Gasteiger partial charge in [-0.15, -0.1) is 0 Å². The van der Waals surface area contributed by atoms with E-state index in [0.29, 0.717) is 11.3 Å². The van der Waals surface area contributed by atoms with Gasteiger partial charge in [0.2, 0.25) is 11.8 Å². The van der Waals surface area contributed by atoms with Crippen molar-refractivity contribution in [3.05, 3.63) is 65.7 Å². The van der Waals surface area contributed by atoms with Crippen LogP contribution in [0.5, 0.6) is 0 Å². The van der Waals surface area contributed by atoms with Crippen molar-refractivity contribution in [2.24, 2.45) is 16.7 Å². The van der Waals surface area contributed by atoms with Gasteiger partial charge in [0.25, 0.3) is 10.0 Å². The maximum Gasteiger partial charge on any atom is 0.325 e. The zero-order valence-electron chi connectivity index (χ0n) is 20.2. The highest BCUT2D eigenvalue weighted by atomic mass is 32.2. The highest BCUT2D eigenvalue weighted by Crippen LogP contribution is 2.19. The largest absolute Gasteiger partial charge is 0.481 e. The van der Waals surface area contributed by atoms with Gasteiger partial charge >= 0.3 is 18.0 Å². The van der Waals surface area contributed by atoms with Gasteiger partial charge in [-0.2, -0.15) is 5.10 Å². The Labute approximate surface area is 222 Å². The molecule has 0 aromatic heterocycles. The van der Waals surface area contributed by atoms with Gasteiger partial charge in [-0.3, -0.25) is 14.4 Å². The van der Waals surface area contributed by atoms with Crippen LogP contribution in [-0.2, 0) is 24.4 Å². The average molecular weight is 563 g/mol. The molecule has 208 valence electrons. The molecule has 1 unspecified atom stereocenters. The third kappa shape index (κ3) is 10.00. The number of nitrogens with two attached hydrogens (primary N) is 2. The van der Waals surface area contributed by atoms with Crippen molar-refractivity contribution in [1.29, 1.82) is 0 Å². The Morgan fingerprint density at radius 2 is 1.62 bits per heavy atom. The molecule has 0 saturated carbocycles. The number of benzene rings is 2. The number of hydrogen-bond donors (Lipinski definition) is 8. The summed E-state index contributed by atoms with van der Waals surface area (Å²) in [4.78, 5) is 59.8. The lowest BCUT2D eigenvalue weighted by Crippen LogP contribution is -2.53. The first-order chi connectivity index (χ1) is 18.4. The van der Waals surface area contributed by atoms with Crippen molar-refractivity contribution in [2.45, 2.75) is 17.8 Å². The lowest BCUT2D eigenvalue weighted by molar-refractivity contribution is -0.140. The fraction of sp³-hybridized carbons (Fsp3) is 0.182. The van der Waals surface area contributed by atoms with Crippen LogP contribution in [0.15, 0.2) is 59.7 Å². The summed E-state index contributed by atoms with van der Waals surface area (Å²) < 4.78 is 26.8. The summed E-state index contributed by atoms with van der Waals surface area (Å²) in [5.41, 5.74) is 5.99. The minimum atomic E-state index is -4.61. The van der Waals surface area contributed by atoms with Gasteiger partial charge in [0.05, 0.1) is 19.2 Å². The van der Waals surface area contributed by atoms with E-state index in [4.69, 9.17) is 11.6 Å². The number of rotatable bonds is 12. The molecule has 2 atom stereocenters. The normalized spacial score (nSPS) is 12.5. The number of amides is 6. The molecule has 0 bridgehead atoms. The molecule has 0 spiro atoms. The second-order valence-corrected chi connectivity index (χ2v) is 9.50. The number of primary amides is 1. The summed E-state index contributed by atoms with van der Waals surface area (Å²) in [5.74, 6) is 1.43. The summed E-state index contributed by atoms with van der Waals surface area (Å²) in [6.45, 7) is -0.656. The number of carbonyl (C=O) groups excluding carboxylic acids is 4. The van der Waals surface area contributed by atoms with Crippen molar-refractivity contribution in [3.63, 3.8) is 0 Å². The average Bonchev–Trinajstić information content (AvgIpc) is 2.86. The first kappa shape index (κ1) is 30.0. The molecule has 2 aromatic rings. The number of carbonyl (C=O) groups is 5. The third-order valence-corrected chi connectivity index (χ3v) is 6.26. The highest BCUT2D eigenvalue weighted by Gasteiger charge is 2.33. The molecule has 16 nitrogen and oxygen atoms in total. The van der Waals surface area contributed by atoms with E-state index < -0.39 is 64.3 Å². The van der Waals surface area contributed by atoms with Gasteiger partial charge < -0.3 is 38.0 Å². The lowest BCUT2D eigenvalue weighted by atomic mass is 10.1. The monoisotopic (exact) mass is 562 g/mol. The molecule has 17 heteroatoms. The molecule has 0 radical (unpaired) electrons. The molecule has 0 aliphatic carbocycles. The van der Waals surface area contributed by atoms with Gasteiger partial charge in [-0.05, 0) is 23.3 Å². The Morgan fingerprint density at radius 3 is 2.18 bits per heavy atom. The van der Waals surface area contributed by atoms with Gasteiger partial charge in [0.15, 0.2) is 5.37 Å². The smallest absolute Gasteiger partial charge is 0.325 e. The molecule has 2 aromatic carbocycles. The highest BCUT2D eigenvalue weighted by molar-refractivity contribution is 7.90. The van der Waals surface area contributed by atoms with Crippen LogP contribution in [0.25, 0.3) is 0 Å². The first-order valence-electron chi connectivity index (χ1n) is 11.0. The van der Waals surface area contributed by atoms with Crippen molar-refractivity contribution < 1.29 is 37.5 Å². The fourth-order valence-electron chi connectivity index (χ4n) is 3.10. The van der Waals surface area contributed by atoms with E-state index in [1.165, 1.54) is 35.2 Å². The molecular weight excluding hydrogens is 536 g/mol. The van der Waals surface area contributed by atoms with Gasteiger partial charge in [0.1, 0.15) is 6.04 Å². The third-order valence-electron chi connectivity index (χ3n) is 4.76. The van der Waals surface area contributed by atoms with Crippen molar-refractivity contribution in [2.75, 3.05) is 11.9 Å². The van der Waals surface area contributed by atoms with Crippen LogP contribution in [0.2, 0.25) is 0 Å². The van der Waals surface area contributed by atoms with Crippen LogP contribution in [0.1, 0.15) is 22.9 Å². The van der Waals surface area contributed by atoms with Gasteiger partial charge in [0, 0.05) is 5.69 Å². The number of carboxylic acids is 1. The van der Waals surface area contributed by atoms with E-state index in [1.54, 1.807) is 30.3 Å². The molecule has 0 heterocycles. The Morgan fingerprint density at radius 1 is 0.974 bits per heavy atom. The van der Waals surface area contributed by atoms with E-state index >= 15 is 0 Å². The minimum absolute atomic E-state index is 0.0154. The molecule has 0 aliphatic heterocycles. The SMILES string of the molecule is NN=Cc1ccc(NC(=O)NCC(=O)N[C@@H](CC(=O)O)C(=O)NC(c2ccccc2)S(=O)(=O)NC(N)=O)cc1. The number of nitrogens with one attached hydrogen (secondary N) is 5. The molecule has 10 N–H and O–H groups in total. The molecule has 6 amide bonds. The molecule has 0 aliphatic rings. The standard InChI is InChI=1S/C22H26N8O8S/c23-21(35)30-39(37,38)20(14-4-2-1-3-5-14)29-19(34)16(10-18(32)33)28-17(31)12-25-22(36)27-15-8-6-13(7-9-15)11-26-24/h1-9,11,16,20H,10,12,24H2,(H,28,31)(H,29,34)(H,32,33)(H3,23,30,35)(H2,25,27,36)/t16-,20?/m0/s1. The molecular formula is C22H26N8O8S. The Hall–Kier alpha value is -5.19. The van der Waals surface area contributed by atoms with Crippen molar-refractivity contribution in [3.8, 4) is 0 Å². The molecule has 0 fully saturated rings. The van der Waals surface area contributed by atoms with E-state index in [2.05, 4.69) is 26.4 Å². The van der Waals surface area contributed by atoms with E-state index in [0.717, 1.165) is 0 Å². The summed E-state index contributed by atoms with van der Waals surface area (Å²) >= 11 is 0. The summed E-state index contributed by atoms with van der Waals surface area (Å²) in [5, 5.41) is 19.6. The lowest BCUT2D eigenvalue weighted by Gasteiger charge is -2.23. The Bertz CT molecular complexity index is 1330. The van der Waals surface area contributed by atoms with Crippen LogP contribution in [-0.4, -0.2) is 62.2 Å². The van der Waals surface area contributed by atoms with Crippen molar-refractivity contribution >= 4 is 51.8 Å². The topological polar surface area (TPSA) is 264 Å². The number of carboxylic acid groups (broad SMARTS) is 1. The zero-order chi connectivity index (χ0) is 29.0. The summed E-state index contributed by atoms with van der Waals surface area (Å²) in [6.07, 6.45) is 0.469. The molecule has 39 heavy (non-hydrogen) atoms. The fourth-order valence-corrected chi connectivity index (χ4v) is 4.29. The van der Waals surface area contributed by atoms with Gasteiger partial charge in [-0.25, -0.2) is 22.7 Å². The summed E-state index contributed by atoms with van der Waals surface area (Å²) in [7, 11) is -4.61. The molecule has 0 saturated heterocycles. The predicted octanol–water partition coefficient (Wildman–Crippen LogP) is -1.13. The summed E-state index contributed by atoms with van der Waals surface area (Å²) in [6, 6.07) is 9.56. The maximum atomic E-state index is 12.9.